The van der Waals surface area contributed by atoms with Gasteiger partial charge in [0.05, 0.1) is 17.3 Å². The molecule has 1 atom stereocenters. The van der Waals surface area contributed by atoms with Crippen LogP contribution in [0, 0.1) is 6.92 Å². The van der Waals surface area contributed by atoms with Crippen LogP contribution >= 0.6 is 0 Å². The summed E-state index contributed by atoms with van der Waals surface area (Å²) >= 11 is 0. The molecule has 4 N–H and O–H groups in total. The Labute approximate surface area is 179 Å². The van der Waals surface area contributed by atoms with E-state index in [1.807, 2.05) is 26.0 Å². The van der Waals surface area contributed by atoms with Crippen LogP contribution in [0.1, 0.15) is 41.3 Å². The summed E-state index contributed by atoms with van der Waals surface area (Å²) in [6.07, 6.45) is 0.628. The summed E-state index contributed by atoms with van der Waals surface area (Å²) in [7, 11) is 4.14. The Morgan fingerprint density at radius 1 is 1.10 bits per heavy atom. The minimum absolute atomic E-state index is 0.0430. The molecule has 0 bridgehead atoms. The first-order valence-electron chi connectivity index (χ1n) is 9.66. The first kappa shape index (κ1) is 23.7. The fraction of sp³-hybridized carbons (Fsp3) is 0.318. The highest BCUT2D eigenvalue weighted by Crippen LogP contribution is 2.33. The summed E-state index contributed by atoms with van der Waals surface area (Å²) in [5.74, 6) is 0.730. The van der Waals surface area contributed by atoms with Crippen molar-refractivity contribution in [3.63, 3.8) is 0 Å². The number of hydrogen-bond donors (Lipinski definition) is 4. The second-order valence-electron chi connectivity index (χ2n) is 6.99. The van der Waals surface area contributed by atoms with Crippen LogP contribution in [0.25, 0.3) is 0 Å². The lowest BCUT2D eigenvalue weighted by Crippen LogP contribution is -2.37. The minimum Gasteiger partial charge on any atom is -0.505 e. The van der Waals surface area contributed by atoms with E-state index in [-0.39, 0.29) is 40.3 Å². The Morgan fingerprint density at radius 3 is 2.29 bits per heavy atom. The molecular weight excluding hydrogens is 402 g/mol. The lowest BCUT2D eigenvalue weighted by atomic mass is 10.1. The van der Waals surface area contributed by atoms with E-state index in [4.69, 9.17) is 9.52 Å². The third-order valence-electron chi connectivity index (χ3n) is 4.67. The summed E-state index contributed by atoms with van der Waals surface area (Å²) in [5, 5.41) is 23.3. The number of carbonyl (C=O) groups is 1. The average molecular weight is 429 g/mol. The maximum atomic E-state index is 12.2. The molecule has 1 amide bonds. The van der Waals surface area contributed by atoms with Crippen molar-refractivity contribution in [1.82, 2.24) is 4.90 Å². The van der Waals surface area contributed by atoms with Crippen molar-refractivity contribution in [2.45, 2.75) is 26.3 Å². The van der Waals surface area contributed by atoms with Gasteiger partial charge in [-0.15, -0.1) is 0 Å². The van der Waals surface area contributed by atoms with Crippen molar-refractivity contribution in [2.75, 3.05) is 31.8 Å². The third-order valence-corrected chi connectivity index (χ3v) is 4.67. The number of carbonyl (C=O) groups excluding carboxylic acids is 1. The highest BCUT2D eigenvalue weighted by Gasteiger charge is 2.26. The van der Waals surface area contributed by atoms with Crippen molar-refractivity contribution >= 4 is 23.0 Å². The first-order valence-corrected chi connectivity index (χ1v) is 9.66. The zero-order valence-corrected chi connectivity index (χ0v) is 18.1. The van der Waals surface area contributed by atoms with Gasteiger partial charge in [-0.2, -0.15) is 0 Å². The number of aliphatic hydroxyl groups excluding tert-OH is 1. The fourth-order valence-corrected chi connectivity index (χ4v) is 3.03. The molecule has 3 aromatic rings. The number of benzene rings is 1. The molecule has 9 heteroatoms. The van der Waals surface area contributed by atoms with Crippen LogP contribution in [0.4, 0.5) is 17.1 Å². The summed E-state index contributed by atoms with van der Waals surface area (Å²) in [6.45, 7) is 3.75. The van der Waals surface area contributed by atoms with Crippen LogP contribution in [0.15, 0.2) is 44.3 Å². The van der Waals surface area contributed by atoms with E-state index in [1.165, 1.54) is 17.0 Å². The van der Waals surface area contributed by atoms with Gasteiger partial charge in [-0.25, -0.2) is 0 Å². The number of phenolic OH excluding ortho intramolecular Hbond substituents is 1. The number of rotatable bonds is 7. The Morgan fingerprint density at radius 2 is 1.74 bits per heavy atom. The second kappa shape index (κ2) is 9.94. The lowest BCUT2D eigenvalue weighted by Gasteiger charge is -2.21. The highest BCUT2D eigenvalue weighted by molar-refractivity contribution is 5.99. The van der Waals surface area contributed by atoms with Gasteiger partial charge in [-0.3, -0.25) is 14.4 Å². The first-order chi connectivity index (χ1) is 14.7. The molecule has 0 aliphatic rings. The summed E-state index contributed by atoms with van der Waals surface area (Å²) in [6, 6.07) is 7.94. The van der Waals surface area contributed by atoms with Crippen molar-refractivity contribution in [2.24, 2.45) is 0 Å². The number of aromatic hydroxyl groups is 1. The largest absolute Gasteiger partial charge is 0.505 e. The number of aryl methyl sites for hydroxylation is 1. The van der Waals surface area contributed by atoms with Crippen LogP contribution in [-0.4, -0.2) is 42.2 Å². The number of hydrogen-bond acceptors (Lipinski definition) is 8. The molecule has 0 radical (unpaired) electrons. The van der Waals surface area contributed by atoms with E-state index in [0.717, 1.165) is 12.9 Å². The number of phenols is 1. The zero-order valence-electron chi connectivity index (χ0n) is 18.1. The molecule has 0 unspecified atom stereocenters. The fourth-order valence-electron chi connectivity index (χ4n) is 3.03. The van der Waals surface area contributed by atoms with Crippen molar-refractivity contribution in [1.29, 1.82) is 0 Å². The monoisotopic (exact) mass is 429 g/mol. The molecular formula is C22H27N3O6. The molecule has 9 nitrogen and oxygen atoms in total. The minimum atomic E-state index is -0.693. The highest BCUT2D eigenvalue weighted by atomic mass is 16.3. The molecule has 0 aliphatic heterocycles. The number of nitrogens with one attached hydrogen (secondary N) is 2. The predicted molar refractivity (Wildman–Crippen MR) is 119 cm³/mol. The van der Waals surface area contributed by atoms with Gasteiger partial charge < -0.3 is 30.2 Å². The van der Waals surface area contributed by atoms with E-state index >= 15 is 0 Å². The molecule has 0 saturated heterocycles. The van der Waals surface area contributed by atoms with Crippen molar-refractivity contribution < 1.29 is 19.4 Å². The van der Waals surface area contributed by atoms with Crippen molar-refractivity contribution in [3.05, 3.63) is 67.9 Å². The predicted octanol–water partition coefficient (Wildman–Crippen LogP) is 2.51. The van der Waals surface area contributed by atoms with Crippen LogP contribution in [0.5, 0.6) is 5.75 Å². The maximum absolute atomic E-state index is 12.2. The molecule has 0 fully saturated rings. The number of aliphatic hydroxyl groups is 1. The van der Waals surface area contributed by atoms with Crippen LogP contribution in [0.2, 0.25) is 0 Å². The third kappa shape index (κ3) is 4.77. The Balaban J connectivity index is 0.00000166. The van der Waals surface area contributed by atoms with Crippen LogP contribution < -0.4 is 21.5 Å². The van der Waals surface area contributed by atoms with E-state index in [9.17, 15) is 19.5 Å². The molecule has 1 heterocycles. The second-order valence-corrected chi connectivity index (χ2v) is 6.99. The molecule has 3 rings (SSSR count). The van der Waals surface area contributed by atoms with E-state index in [0.29, 0.717) is 12.2 Å². The molecule has 0 aliphatic carbocycles. The molecule has 166 valence electrons. The number of furan rings is 1. The number of amides is 1. The molecule has 0 saturated carbocycles. The number of para-hydroxylation sites is 1. The van der Waals surface area contributed by atoms with E-state index in [1.54, 1.807) is 20.2 Å². The quantitative estimate of drug-likeness (QED) is 0.333. The van der Waals surface area contributed by atoms with Gasteiger partial charge >= 0.3 is 0 Å². The Hall–Kier alpha value is -3.59. The summed E-state index contributed by atoms with van der Waals surface area (Å²) < 4.78 is 5.62. The molecule has 1 aromatic heterocycles. The zero-order chi connectivity index (χ0) is 23.3. The van der Waals surface area contributed by atoms with Gasteiger partial charge in [0, 0.05) is 21.2 Å². The molecule has 31 heavy (non-hydrogen) atoms. The number of nitrogens with zero attached hydrogens (tertiary/aromatic N) is 1. The molecule has 2 aromatic carbocycles. The van der Waals surface area contributed by atoms with Crippen molar-refractivity contribution in [3.8, 4) is 5.75 Å². The van der Waals surface area contributed by atoms with Crippen LogP contribution in [0.3, 0.4) is 0 Å². The topological polar surface area (TPSA) is 132 Å². The smallest absolute Gasteiger partial charge is 0.257 e. The maximum Gasteiger partial charge on any atom is 0.257 e. The Bertz CT molecular complexity index is 1130. The molecule has 0 spiro atoms. The summed E-state index contributed by atoms with van der Waals surface area (Å²) in [4.78, 5) is 37.8. The standard InChI is InChI=1S/C21H23N3O5.CH4O/c1-5-13(15-10-9-11(2)29-15)22-16-17(20(27)19(16)26)23-14-8-6-7-12(18(14)25)21(28)24(3)4;1-2/h6-10,13,22-23,25H,5H2,1-4H3;2H,1H3/t13-;/m1./s1. The number of anilines is 3. The average Bonchev–Trinajstić information content (AvgIpc) is 3.20. The lowest BCUT2D eigenvalue weighted by molar-refractivity contribution is 0.0824. The van der Waals surface area contributed by atoms with Gasteiger partial charge in [-0.05, 0) is 37.6 Å². The van der Waals surface area contributed by atoms with Gasteiger partial charge in [0.15, 0.2) is 5.75 Å². The van der Waals surface area contributed by atoms with Gasteiger partial charge in [0.1, 0.15) is 22.9 Å². The van der Waals surface area contributed by atoms with Gasteiger partial charge in [0.25, 0.3) is 16.8 Å². The normalized spacial score (nSPS) is 11.4. The van der Waals surface area contributed by atoms with Gasteiger partial charge in [0.2, 0.25) is 0 Å². The van der Waals surface area contributed by atoms with E-state index < -0.39 is 10.9 Å². The van der Waals surface area contributed by atoms with Crippen LogP contribution in [-0.2, 0) is 0 Å². The van der Waals surface area contributed by atoms with E-state index in [2.05, 4.69) is 10.6 Å². The SMILES string of the molecule is CC[C@@H](Nc1c(Nc2cccc(C(=O)N(C)C)c2O)c(=O)c1=O)c1ccc(C)o1.CO. The summed E-state index contributed by atoms with van der Waals surface area (Å²) in [5.41, 5.74) is -0.919. The van der Waals surface area contributed by atoms with Gasteiger partial charge in [-0.1, -0.05) is 13.0 Å². The Kier molecular flexibility index (Phi) is 7.60.